The van der Waals surface area contributed by atoms with E-state index in [1.54, 1.807) is 0 Å². The van der Waals surface area contributed by atoms with Gasteiger partial charge in [0, 0.05) is 12.2 Å². The zero-order chi connectivity index (χ0) is 25.2. The van der Waals surface area contributed by atoms with Gasteiger partial charge in [-0.1, -0.05) is 103 Å². The molecule has 0 radical (unpaired) electrons. The smallest absolute Gasteiger partial charge is 1.00 e. The zero-order valence-corrected chi connectivity index (χ0v) is 29.7. The minimum absolute atomic E-state index is 0. The van der Waals surface area contributed by atoms with Crippen molar-refractivity contribution in [3.8, 4) is 0 Å². The Labute approximate surface area is 293 Å². The van der Waals surface area contributed by atoms with Gasteiger partial charge in [0.05, 0.1) is 16.7 Å². The number of rotatable bonds is 21. The first-order valence-corrected chi connectivity index (χ1v) is 13.0. The monoisotopic (exact) mass is 549 g/mol. The van der Waals surface area contributed by atoms with Gasteiger partial charge < -0.3 is 24.9 Å². The number of anilines is 1. The van der Waals surface area contributed by atoms with E-state index in [0.29, 0.717) is 12.2 Å². The summed E-state index contributed by atoms with van der Waals surface area (Å²) < 4.78 is 0. The van der Waals surface area contributed by atoms with Crippen LogP contribution in [0.15, 0.2) is 12.1 Å². The maximum absolute atomic E-state index is 11.4. The van der Waals surface area contributed by atoms with Crippen molar-refractivity contribution in [2.24, 2.45) is 0 Å². The predicted octanol–water partition coefficient (Wildman–Crippen LogP) is -1.20. The van der Waals surface area contributed by atoms with Crippen LogP contribution in [0.5, 0.6) is 0 Å². The van der Waals surface area contributed by atoms with Crippen molar-refractivity contribution in [1.82, 2.24) is 0 Å². The summed E-state index contributed by atoms with van der Waals surface area (Å²) in [6.07, 6.45) is 20.5. The molecule has 10 heteroatoms. The van der Waals surface area contributed by atoms with Crippen LogP contribution in [0.25, 0.3) is 0 Å². The Morgan fingerprint density at radius 1 is 0.595 bits per heavy atom. The second-order valence-electron chi connectivity index (χ2n) is 9.09. The van der Waals surface area contributed by atoms with E-state index in [9.17, 15) is 29.7 Å². The van der Waals surface area contributed by atoms with Gasteiger partial charge in [0.2, 0.25) is 0 Å². The van der Waals surface area contributed by atoms with Gasteiger partial charge in [-0.2, -0.15) is 0 Å². The Bertz CT molecular complexity index is 757. The number of nitrogens with one attached hydrogen (secondary N) is 1. The number of unbranched alkanes of at least 4 members (excludes halogenated alkanes) is 15. The third kappa shape index (κ3) is 19.2. The van der Waals surface area contributed by atoms with E-state index in [-0.39, 0.29) is 93.0 Å². The van der Waals surface area contributed by atoms with E-state index < -0.39 is 34.6 Å². The van der Waals surface area contributed by atoms with Crippen LogP contribution in [-0.2, 0) is 0 Å². The van der Waals surface area contributed by atoms with E-state index in [0.717, 1.165) is 19.3 Å². The Kier molecular flexibility index (Phi) is 30.2. The average Bonchev–Trinajstić information content (AvgIpc) is 2.80. The Balaban J connectivity index is -0.000000482. The van der Waals surface area contributed by atoms with Gasteiger partial charge in [-0.05, 0) is 18.6 Å². The fourth-order valence-corrected chi connectivity index (χ4v) is 4.22. The molecule has 0 unspecified atom stereocenters. The number of carboxylic acids is 3. The third-order valence-corrected chi connectivity index (χ3v) is 6.17. The first kappa shape index (κ1) is 41.9. The van der Waals surface area contributed by atoms with E-state index in [2.05, 4.69) is 12.2 Å². The number of carbonyl (C=O) groups is 3. The number of aromatic carboxylic acids is 3. The molecule has 4 N–H and O–H groups in total. The Morgan fingerprint density at radius 2 is 0.919 bits per heavy atom. The predicted molar refractivity (Wildman–Crippen MR) is 139 cm³/mol. The molecule has 1 rings (SSSR count). The van der Waals surface area contributed by atoms with Crippen molar-refractivity contribution >= 4 is 23.6 Å². The third-order valence-electron chi connectivity index (χ3n) is 6.17. The topological polar surface area (TPSA) is 124 Å². The SMILES string of the molecule is CCCCCCCCCCCCCCCCCCNc1cc(C(=O)O)c(C(=O)O)c(C(=O)O)c1.[H-].[H-].[H-].[Na+].[Na+].[Na+]. The molecule has 0 aromatic heterocycles. The minimum atomic E-state index is -1.57. The molecule has 0 aliphatic carbocycles. The summed E-state index contributed by atoms with van der Waals surface area (Å²) in [6, 6.07) is 2.37. The summed E-state index contributed by atoms with van der Waals surface area (Å²) in [6.45, 7) is 2.83. The molecule has 0 heterocycles. The van der Waals surface area contributed by atoms with Crippen LogP contribution in [0.4, 0.5) is 5.69 Å². The molecule has 7 nitrogen and oxygen atoms in total. The molecule has 0 fully saturated rings. The largest absolute Gasteiger partial charge is 1.00 e. The summed E-state index contributed by atoms with van der Waals surface area (Å²) in [5, 5.41) is 30.8. The summed E-state index contributed by atoms with van der Waals surface area (Å²) >= 11 is 0. The number of hydrogen-bond acceptors (Lipinski definition) is 4. The first-order chi connectivity index (χ1) is 16.4. The molecule has 1 aromatic carbocycles. The van der Waals surface area contributed by atoms with Gasteiger partial charge in [-0.15, -0.1) is 0 Å². The molecule has 0 saturated heterocycles. The number of carboxylic acid groups (broad SMARTS) is 3. The zero-order valence-electron chi connectivity index (χ0n) is 26.7. The number of benzene rings is 1. The molecular formula is C27H46NNa3O6. The molecule has 198 valence electrons. The van der Waals surface area contributed by atoms with Crippen LogP contribution in [0.2, 0.25) is 0 Å². The first-order valence-electron chi connectivity index (χ1n) is 13.0. The normalized spacial score (nSPS) is 9.97. The maximum atomic E-state index is 11.4. The van der Waals surface area contributed by atoms with Crippen LogP contribution in [0, 0.1) is 0 Å². The summed E-state index contributed by atoms with van der Waals surface area (Å²) in [5.41, 5.74) is -1.45. The quantitative estimate of drug-likeness (QED) is 0.112. The molecule has 1 aromatic rings. The van der Waals surface area contributed by atoms with Gasteiger partial charge in [0.25, 0.3) is 0 Å². The van der Waals surface area contributed by atoms with Crippen LogP contribution in [0.3, 0.4) is 0 Å². The second-order valence-corrected chi connectivity index (χ2v) is 9.09. The molecule has 0 aliphatic heterocycles. The molecule has 0 bridgehead atoms. The standard InChI is InChI=1S/C27H43NO6.3Na.3H/c1-2-3-4-5-6-7-8-9-10-11-12-13-14-15-16-17-18-28-21-19-22(25(29)30)24(27(33)34)23(20-21)26(31)32;;;;;;/h19-20,28H,2-18H2,1H3,(H,29,30)(H,31,32)(H,33,34);;;;;;/q;3*+1;3*-1. The van der Waals surface area contributed by atoms with Crippen LogP contribution in [0.1, 0.15) is 145 Å². The minimum Gasteiger partial charge on any atom is -1.00 e. The molecule has 0 amide bonds. The molecule has 0 atom stereocenters. The van der Waals surface area contributed by atoms with Crippen molar-refractivity contribution in [3.63, 3.8) is 0 Å². The van der Waals surface area contributed by atoms with Crippen LogP contribution < -0.4 is 94.0 Å². The summed E-state index contributed by atoms with van der Waals surface area (Å²) in [4.78, 5) is 34.1. The van der Waals surface area contributed by atoms with E-state index in [4.69, 9.17) is 0 Å². The molecule has 0 aliphatic rings. The molecule has 0 spiro atoms. The van der Waals surface area contributed by atoms with Gasteiger partial charge in [0.15, 0.2) is 0 Å². The van der Waals surface area contributed by atoms with Crippen molar-refractivity contribution in [3.05, 3.63) is 28.8 Å². The summed E-state index contributed by atoms with van der Waals surface area (Å²) in [5.74, 6) is -4.50. The Morgan fingerprint density at radius 3 is 1.22 bits per heavy atom. The van der Waals surface area contributed by atoms with Crippen LogP contribution in [-0.4, -0.2) is 39.8 Å². The van der Waals surface area contributed by atoms with Crippen molar-refractivity contribution in [2.75, 3.05) is 11.9 Å². The van der Waals surface area contributed by atoms with Gasteiger partial charge in [0.1, 0.15) is 0 Å². The average molecular weight is 550 g/mol. The van der Waals surface area contributed by atoms with Gasteiger partial charge >= 0.3 is 107 Å². The second kappa shape index (κ2) is 26.6. The van der Waals surface area contributed by atoms with Crippen molar-refractivity contribution in [2.45, 2.75) is 110 Å². The van der Waals surface area contributed by atoms with E-state index in [1.807, 2.05) is 0 Å². The van der Waals surface area contributed by atoms with E-state index >= 15 is 0 Å². The van der Waals surface area contributed by atoms with E-state index in [1.165, 1.54) is 95.6 Å². The van der Waals surface area contributed by atoms with Crippen molar-refractivity contribution < 1.29 is 123 Å². The van der Waals surface area contributed by atoms with Crippen molar-refractivity contribution in [1.29, 1.82) is 0 Å². The molecule has 0 saturated carbocycles. The molecular weight excluding hydrogens is 503 g/mol. The Hall–Kier alpha value is 0.430. The van der Waals surface area contributed by atoms with Crippen LogP contribution >= 0.6 is 0 Å². The molecule has 37 heavy (non-hydrogen) atoms. The summed E-state index contributed by atoms with van der Waals surface area (Å²) in [7, 11) is 0. The maximum Gasteiger partial charge on any atom is 1.00 e. The fraction of sp³-hybridized carbons (Fsp3) is 0.667. The van der Waals surface area contributed by atoms with Gasteiger partial charge in [-0.3, -0.25) is 0 Å². The van der Waals surface area contributed by atoms with Gasteiger partial charge in [-0.25, -0.2) is 14.4 Å². The number of hydrogen-bond donors (Lipinski definition) is 4. The fourth-order valence-electron chi connectivity index (χ4n) is 4.22.